The van der Waals surface area contributed by atoms with Gasteiger partial charge >= 0.3 is 0 Å². The van der Waals surface area contributed by atoms with Crippen LogP contribution in [0.3, 0.4) is 0 Å². The van der Waals surface area contributed by atoms with Gasteiger partial charge < -0.3 is 15.0 Å². The molecule has 4 rings (SSSR count). The van der Waals surface area contributed by atoms with Gasteiger partial charge in [-0.15, -0.1) is 0 Å². The topological polar surface area (TPSA) is 80.8 Å². The third kappa shape index (κ3) is 2.76. The first-order chi connectivity index (χ1) is 11.3. The largest absolute Gasteiger partial charge is 0.385 e. The number of rotatable bonds is 4. The van der Waals surface area contributed by atoms with Gasteiger partial charge in [-0.2, -0.15) is 5.10 Å². The predicted octanol–water partition coefficient (Wildman–Crippen LogP) is 0.978. The molecule has 0 fully saturated rings. The molecule has 3 aromatic heterocycles. The Hall–Kier alpha value is -2.51. The van der Waals surface area contributed by atoms with E-state index in [-0.39, 0.29) is 0 Å². The number of nitrogens with zero attached hydrogens (tertiary/aromatic N) is 5. The van der Waals surface area contributed by atoms with Gasteiger partial charge in [-0.05, 0) is 18.2 Å². The maximum atomic E-state index is 10.4. The lowest BCUT2D eigenvalue weighted by Gasteiger charge is -2.13. The van der Waals surface area contributed by atoms with Gasteiger partial charge in [-0.25, -0.2) is 4.98 Å². The highest BCUT2D eigenvalue weighted by Crippen LogP contribution is 2.21. The maximum Gasteiger partial charge on any atom is 0.160 e. The van der Waals surface area contributed by atoms with Gasteiger partial charge in [0.25, 0.3) is 0 Å². The minimum atomic E-state index is -0.678. The van der Waals surface area contributed by atoms with E-state index in [4.69, 9.17) is 0 Å². The fourth-order valence-corrected chi connectivity index (χ4v) is 2.84. The summed E-state index contributed by atoms with van der Waals surface area (Å²) in [7, 11) is 0. The van der Waals surface area contributed by atoms with E-state index in [9.17, 15) is 5.11 Å². The van der Waals surface area contributed by atoms with Crippen molar-refractivity contribution in [3.05, 3.63) is 54.2 Å². The zero-order valence-corrected chi connectivity index (χ0v) is 12.6. The van der Waals surface area contributed by atoms with E-state index in [0.29, 0.717) is 12.2 Å². The van der Waals surface area contributed by atoms with Gasteiger partial charge in [0.15, 0.2) is 5.82 Å². The van der Waals surface area contributed by atoms with Crippen LogP contribution in [0.25, 0.3) is 11.5 Å². The molecule has 0 amide bonds. The van der Waals surface area contributed by atoms with Crippen LogP contribution in [0.4, 0.5) is 0 Å². The summed E-state index contributed by atoms with van der Waals surface area (Å²) >= 11 is 0. The number of aliphatic hydroxyl groups excluding tert-OH is 1. The molecule has 0 unspecified atom stereocenters. The van der Waals surface area contributed by atoms with E-state index >= 15 is 0 Å². The predicted molar refractivity (Wildman–Crippen MR) is 84.4 cm³/mol. The van der Waals surface area contributed by atoms with Crippen LogP contribution < -0.4 is 5.32 Å². The molecule has 0 saturated carbocycles. The summed E-state index contributed by atoms with van der Waals surface area (Å²) in [6.45, 7) is 3.02. The number of aromatic nitrogens is 5. The van der Waals surface area contributed by atoms with Crippen LogP contribution in [0.1, 0.15) is 17.5 Å². The van der Waals surface area contributed by atoms with Gasteiger partial charge in [-0.1, -0.05) is 6.07 Å². The van der Waals surface area contributed by atoms with Gasteiger partial charge in [0.05, 0.1) is 24.5 Å². The second kappa shape index (κ2) is 5.94. The normalized spacial score (nSPS) is 15.3. The SMILES string of the molecule is O[C@H](Cn1ccnc1-c1cc2n(n1)CCNC2)c1ccccn1. The fourth-order valence-electron chi connectivity index (χ4n) is 2.84. The Balaban J connectivity index is 1.60. The molecule has 0 aliphatic carbocycles. The average molecular weight is 310 g/mol. The van der Waals surface area contributed by atoms with Crippen molar-refractivity contribution in [2.75, 3.05) is 6.54 Å². The highest BCUT2D eigenvalue weighted by Gasteiger charge is 2.18. The third-order valence-corrected chi connectivity index (χ3v) is 4.01. The molecule has 3 aromatic rings. The van der Waals surface area contributed by atoms with Gasteiger partial charge in [-0.3, -0.25) is 9.67 Å². The molecule has 1 aliphatic rings. The molecule has 4 heterocycles. The number of imidazole rings is 1. The minimum absolute atomic E-state index is 0.396. The molecule has 1 atom stereocenters. The van der Waals surface area contributed by atoms with E-state index in [1.165, 1.54) is 0 Å². The van der Waals surface area contributed by atoms with Crippen molar-refractivity contribution in [1.29, 1.82) is 0 Å². The molecule has 0 radical (unpaired) electrons. The van der Waals surface area contributed by atoms with E-state index < -0.39 is 6.10 Å². The van der Waals surface area contributed by atoms with Crippen LogP contribution in [-0.4, -0.2) is 36.0 Å². The molecule has 23 heavy (non-hydrogen) atoms. The van der Waals surface area contributed by atoms with Crippen LogP contribution >= 0.6 is 0 Å². The van der Waals surface area contributed by atoms with Crippen molar-refractivity contribution in [2.24, 2.45) is 0 Å². The lowest BCUT2D eigenvalue weighted by atomic mass is 10.2. The number of fused-ring (bicyclic) bond motifs is 1. The average Bonchev–Trinajstić information content (AvgIpc) is 3.21. The van der Waals surface area contributed by atoms with Crippen LogP contribution in [0.15, 0.2) is 42.9 Å². The second-order valence-electron chi connectivity index (χ2n) is 5.59. The van der Waals surface area contributed by atoms with Crippen molar-refractivity contribution in [3.63, 3.8) is 0 Å². The highest BCUT2D eigenvalue weighted by molar-refractivity contribution is 5.50. The first-order valence-corrected chi connectivity index (χ1v) is 7.69. The molecule has 7 heteroatoms. The number of pyridine rings is 1. The Bertz CT molecular complexity index is 771. The third-order valence-electron chi connectivity index (χ3n) is 4.01. The Morgan fingerprint density at radius 2 is 2.22 bits per heavy atom. The zero-order valence-electron chi connectivity index (χ0n) is 12.6. The maximum absolute atomic E-state index is 10.4. The molecule has 0 aromatic carbocycles. The van der Waals surface area contributed by atoms with Crippen LogP contribution in [-0.2, 0) is 19.6 Å². The monoisotopic (exact) mass is 310 g/mol. The Morgan fingerprint density at radius 3 is 3.04 bits per heavy atom. The number of aliphatic hydroxyl groups is 1. The first kappa shape index (κ1) is 14.1. The van der Waals surface area contributed by atoms with Crippen molar-refractivity contribution in [3.8, 4) is 11.5 Å². The number of nitrogens with one attached hydrogen (secondary N) is 1. The van der Waals surface area contributed by atoms with E-state index in [1.54, 1.807) is 12.4 Å². The summed E-state index contributed by atoms with van der Waals surface area (Å²) in [6.07, 6.45) is 4.60. The molecule has 118 valence electrons. The zero-order chi connectivity index (χ0) is 15.6. The summed E-state index contributed by atoms with van der Waals surface area (Å²) in [5, 5.41) is 18.3. The molecule has 0 bridgehead atoms. The molecule has 0 saturated heterocycles. The van der Waals surface area contributed by atoms with Gasteiger partial charge in [0.2, 0.25) is 0 Å². The Labute approximate surface area is 133 Å². The van der Waals surface area contributed by atoms with E-state index in [2.05, 4.69) is 26.4 Å². The van der Waals surface area contributed by atoms with Crippen LogP contribution in [0.5, 0.6) is 0 Å². The van der Waals surface area contributed by atoms with Crippen molar-refractivity contribution < 1.29 is 5.11 Å². The quantitative estimate of drug-likeness (QED) is 0.751. The summed E-state index contributed by atoms with van der Waals surface area (Å²) < 4.78 is 3.93. The van der Waals surface area contributed by atoms with Crippen molar-refractivity contribution in [2.45, 2.75) is 25.7 Å². The lowest BCUT2D eigenvalue weighted by molar-refractivity contribution is 0.152. The van der Waals surface area contributed by atoms with Gasteiger partial charge in [0.1, 0.15) is 11.8 Å². The summed E-state index contributed by atoms with van der Waals surface area (Å²) in [4.78, 5) is 8.61. The number of hydrogen-bond acceptors (Lipinski definition) is 5. The van der Waals surface area contributed by atoms with E-state index in [1.807, 2.05) is 33.6 Å². The summed E-state index contributed by atoms with van der Waals surface area (Å²) in [5.74, 6) is 0.766. The Morgan fingerprint density at radius 1 is 1.26 bits per heavy atom. The number of hydrogen-bond donors (Lipinski definition) is 2. The molecular formula is C16H18N6O. The minimum Gasteiger partial charge on any atom is -0.385 e. The highest BCUT2D eigenvalue weighted by atomic mass is 16.3. The Kier molecular flexibility index (Phi) is 3.64. The van der Waals surface area contributed by atoms with Gasteiger partial charge in [0, 0.05) is 31.7 Å². The summed E-state index contributed by atoms with van der Waals surface area (Å²) in [6, 6.07) is 7.58. The summed E-state index contributed by atoms with van der Waals surface area (Å²) in [5.41, 5.74) is 2.65. The van der Waals surface area contributed by atoms with Crippen molar-refractivity contribution in [1.82, 2.24) is 29.6 Å². The standard InChI is InChI=1S/C16H18N6O/c23-15(13-3-1-2-4-18-13)11-21-7-6-19-16(21)14-9-12-10-17-5-8-22(12)20-14/h1-4,6-7,9,15,17,23H,5,8,10-11H2/t15-/m1/s1. The molecule has 7 nitrogen and oxygen atoms in total. The second-order valence-corrected chi connectivity index (χ2v) is 5.59. The van der Waals surface area contributed by atoms with Crippen LogP contribution in [0.2, 0.25) is 0 Å². The van der Waals surface area contributed by atoms with Crippen LogP contribution in [0, 0.1) is 0 Å². The van der Waals surface area contributed by atoms with E-state index in [0.717, 1.165) is 36.8 Å². The van der Waals surface area contributed by atoms with Crippen molar-refractivity contribution >= 4 is 0 Å². The smallest absolute Gasteiger partial charge is 0.160 e. The lowest BCUT2D eigenvalue weighted by Crippen LogP contribution is -2.28. The molecular weight excluding hydrogens is 292 g/mol. The fraction of sp³-hybridized carbons (Fsp3) is 0.312. The molecule has 0 spiro atoms. The first-order valence-electron chi connectivity index (χ1n) is 7.69. The molecule has 1 aliphatic heterocycles. The molecule has 2 N–H and O–H groups in total.